The summed E-state index contributed by atoms with van der Waals surface area (Å²) in [7, 11) is 1.70. The van der Waals surface area contributed by atoms with Crippen LogP contribution in [0, 0.1) is 0 Å². The topological polar surface area (TPSA) is 74.3 Å². The molecule has 0 heterocycles. The van der Waals surface area contributed by atoms with E-state index in [0.29, 0.717) is 65.8 Å². The van der Waals surface area contributed by atoms with Gasteiger partial charge >= 0.3 is 0 Å². The third-order valence-corrected chi connectivity index (χ3v) is 2.48. The van der Waals surface area contributed by atoms with Crippen LogP contribution in [-0.2, 0) is 28.5 Å². The molecule has 0 atom stereocenters. The van der Waals surface area contributed by atoms with Gasteiger partial charge in [0.1, 0.15) is 5.78 Å². The lowest BCUT2D eigenvalue weighted by Crippen LogP contribution is -2.22. The molecule has 0 fully saturated rings. The molecular formula is C14H27NO6. The standard InChI is InChI=1S/C14H27NO6/c1-14(17)3-5-18-7-9-20-11-12-21-10-8-19-6-4-15(2)13-16/h13H,3-12H2,1-2H3. The maximum absolute atomic E-state index is 10.6. The summed E-state index contributed by atoms with van der Waals surface area (Å²) < 4.78 is 21.1. The number of hydrogen-bond acceptors (Lipinski definition) is 6. The second kappa shape index (κ2) is 15.4. The third-order valence-electron chi connectivity index (χ3n) is 2.48. The fourth-order valence-corrected chi connectivity index (χ4v) is 1.24. The predicted molar refractivity (Wildman–Crippen MR) is 77.3 cm³/mol. The van der Waals surface area contributed by atoms with E-state index < -0.39 is 0 Å². The van der Waals surface area contributed by atoms with Crippen molar-refractivity contribution in [3.8, 4) is 0 Å². The number of carbonyl (C=O) groups excluding carboxylic acids is 2. The van der Waals surface area contributed by atoms with Gasteiger partial charge in [0.2, 0.25) is 6.41 Å². The first-order chi connectivity index (χ1) is 10.2. The number of ether oxygens (including phenoxy) is 4. The number of ketones is 1. The van der Waals surface area contributed by atoms with E-state index in [-0.39, 0.29) is 5.78 Å². The van der Waals surface area contributed by atoms with Crippen molar-refractivity contribution in [1.29, 1.82) is 0 Å². The van der Waals surface area contributed by atoms with Crippen molar-refractivity contribution < 1.29 is 28.5 Å². The summed E-state index contributed by atoms with van der Waals surface area (Å²) in [5, 5.41) is 0. The highest BCUT2D eigenvalue weighted by Crippen LogP contribution is 1.86. The fraction of sp³-hybridized carbons (Fsp3) is 0.857. The van der Waals surface area contributed by atoms with Gasteiger partial charge in [-0.05, 0) is 6.92 Å². The zero-order valence-corrected chi connectivity index (χ0v) is 13.0. The van der Waals surface area contributed by atoms with Gasteiger partial charge in [0.15, 0.2) is 0 Å². The predicted octanol–water partition coefficient (Wildman–Crippen LogP) is 0.120. The van der Waals surface area contributed by atoms with Crippen molar-refractivity contribution in [3.05, 3.63) is 0 Å². The Balaban J connectivity index is 3.02. The Morgan fingerprint density at radius 3 is 1.71 bits per heavy atom. The molecule has 7 nitrogen and oxygen atoms in total. The molecule has 0 radical (unpaired) electrons. The highest BCUT2D eigenvalue weighted by Gasteiger charge is 1.95. The third kappa shape index (κ3) is 16.9. The maximum Gasteiger partial charge on any atom is 0.209 e. The summed E-state index contributed by atoms with van der Waals surface area (Å²) in [6.07, 6.45) is 1.22. The minimum absolute atomic E-state index is 0.129. The molecule has 0 aromatic heterocycles. The molecule has 0 bridgehead atoms. The molecule has 0 saturated heterocycles. The number of carbonyl (C=O) groups is 2. The van der Waals surface area contributed by atoms with Gasteiger partial charge in [0.05, 0.1) is 52.9 Å². The van der Waals surface area contributed by atoms with Crippen LogP contribution in [0.15, 0.2) is 0 Å². The van der Waals surface area contributed by atoms with Crippen LogP contribution in [0.5, 0.6) is 0 Å². The van der Waals surface area contributed by atoms with Crippen molar-refractivity contribution >= 4 is 12.2 Å². The smallest absolute Gasteiger partial charge is 0.209 e. The molecule has 0 aromatic rings. The SMILES string of the molecule is CC(=O)CCOCCOCCOCCOCCN(C)C=O. The molecular weight excluding hydrogens is 278 g/mol. The van der Waals surface area contributed by atoms with E-state index >= 15 is 0 Å². The largest absolute Gasteiger partial charge is 0.379 e. The molecule has 0 N–H and O–H groups in total. The van der Waals surface area contributed by atoms with Crippen LogP contribution >= 0.6 is 0 Å². The number of Topliss-reactive ketones (excluding diaryl/α,β-unsaturated/α-hetero) is 1. The Kier molecular flexibility index (Phi) is 14.6. The quantitative estimate of drug-likeness (QED) is 0.298. The fourth-order valence-electron chi connectivity index (χ4n) is 1.24. The second-order valence-electron chi connectivity index (χ2n) is 4.49. The number of hydrogen-bond donors (Lipinski definition) is 0. The van der Waals surface area contributed by atoms with Gasteiger partial charge < -0.3 is 23.8 Å². The van der Waals surface area contributed by atoms with Crippen LogP contribution in [0.1, 0.15) is 13.3 Å². The average molecular weight is 305 g/mol. The molecule has 0 aliphatic carbocycles. The van der Waals surface area contributed by atoms with Gasteiger partial charge in [0, 0.05) is 20.0 Å². The number of nitrogens with zero attached hydrogens (tertiary/aromatic N) is 1. The first kappa shape index (κ1) is 20.0. The Bertz CT molecular complexity index is 262. The van der Waals surface area contributed by atoms with Gasteiger partial charge in [-0.1, -0.05) is 0 Å². The van der Waals surface area contributed by atoms with Crippen molar-refractivity contribution in [3.63, 3.8) is 0 Å². The maximum atomic E-state index is 10.6. The van der Waals surface area contributed by atoms with Crippen LogP contribution in [0.3, 0.4) is 0 Å². The van der Waals surface area contributed by atoms with Crippen molar-refractivity contribution in [1.82, 2.24) is 4.90 Å². The number of likely N-dealkylation sites (N-methyl/N-ethyl adjacent to an activating group) is 1. The zero-order chi connectivity index (χ0) is 15.8. The molecule has 0 aliphatic rings. The van der Waals surface area contributed by atoms with E-state index in [2.05, 4.69) is 0 Å². The lowest BCUT2D eigenvalue weighted by atomic mass is 10.3. The summed E-state index contributed by atoms with van der Waals surface area (Å²) in [4.78, 5) is 22.5. The Hall–Kier alpha value is -1.02. The Labute approximate surface area is 126 Å². The molecule has 1 amide bonds. The van der Waals surface area contributed by atoms with Gasteiger partial charge in [-0.3, -0.25) is 9.59 Å². The summed E-state index contributed by atoms with van der Waals surface area (Å²) in [6.45, 7) is 6.08. The lowest BCUT2D eigenvalue weighted by Gasteiger charge is -2.10. The van der Waals surface area contributed by atoms with Crippen molar-refractivity contribution in [2.24, 2.45) is 0 Å². The van der Waals surface area contributed by atoms with Crippen molar-refractivity contribution in [2.75, 3.05) is 66.4 Å². The normalized spacial score (nSPS) is 10.6. The minimum atomic E-state index is 0.129. The van der Waals surface area contributed by atoms with Crippen LogP contribution in [0.4, 0.5) is 0 Å². The van der Waals surface area contributed by atoms with Gasteiger partial charge in [-0.25, -0.2) is 0 Å². The average Bonchev–Trinajstić information content (AvgIpc) is 2.46. The van der Waals surface area contributed by atoms with Crippen molar-refractivity contribution in [2.45, 2.75) is 13.3 Å². The molecule has 0 aromatic carbocycles. The first-order valence-electron chi connectivity index (χ1n) is 7.12. The summed E-state index contributed by atoms with van der Waals surface area (Å²) in [5.41, 5.74) is 0. The van der Waals surface area contributed by atoms with Crippen LogP contribution < -0.4 is 0 Å². The summed E-state index contributed by atoms with van der Waals surface area (Å²) in [5.74, 6) is 0.129. The molecule has 124 valence electrons. The summed E-state index contributed by atoms with van der Waals surface area (Å²) in [6, 6.07) is 0. The molecule has 0 rings (SSSR count). The monoisotopic (exact) mass is 305 g/mol. The highest BCUT2D eigenvalue weighted by molar-refractivity contribution is 5.75. The van der Waals surface area contributed by atoms with Crippen LogP contribution in [0.2, 0.25) is 0 Å². The van der Waals surface area contributed by atoms with E-state index in [0.717, 1.165) is 6.41 Å². The minimum Gasteiger partial charge on any atom is -0.379 e. The number of amides is 1. The molecule has 0 unspecified atom stereocenters. The lowest BCUT2D eigenvalue weighted by molar-refractivity contribution is -0.118. The zero-order valence-electron chi connectivity index (χ0n) is 13.0. The molecule has 0 spiro atoms. The number of rotatable bonds is 16. The molecule has 0 saturated carbocycles. The molecule has 21 heavy (non-hydrogen) atoms. The van der Waals surface area contributed by atoms with E-state index in [9.17, 15) is 9.59 Å². The Morgan fingerprint density at radius 2 is 1.29 bits per heavy atom. The van der Waals surface area contributed by atoms with E-state index in [1.807, 2.05) is 0 Å². The van der Waals surface area contributed by atoms with Crippen LogP contribution in [0.25, 0.3) is 0 Å². The molecule has 7 heteroatoms. The van der Waals surface area contributed by atoms with E-state index in [4.69, 9.17) is 18.9 Å². The highest BCUT2D eigenvalue weighted by atomic mass is 16.6. The van der Waals surface area contributed by atoms with Gasteiger partial charge in [-0.15, -0.1) is 0 Å². The summed E-state index contributed by atoms with van der Waals surface area (Å²) >= 11 is 0. The van der Waals surface area contributed by atoms with E-state index in [1.54, 1.807) is 14.0 Å². The second-order valence-corrected chi connectivity index (χ2v) is 4.49. The first-order valence-corrected chi connectivity index (χ1v) is 7.12. The van der Waals surface area contributed by atoms with E-state index in [1.165, 1.54) is 4.90 Å². The van der Waals surface area contributed by atoms with Crippen LogP contribution in [-0.4, -0.2) is 83.5 Å². The van der Waals surface area contributed by atoms with Gasteiger partial charge in [-0.2, -0.15) is 0 Å². The van der Waals surface area contributed by atoms with Gasteiger partial charge in [0.25, 0.3) is 0 Å². The molecule has 0 aliphatic heterocycles. The Morgan fingerprint density at radius 1 is 0.857 bits per heavy atom.